The van der Waals surface area contributed by atoms with E-state index in [2.05, 4.69) is 9.97 Å². The van der Waals surface area contributed by atoms with Gasteiger partial charge in [0.15, 0.2) is 11.5 Å². The number of carboxylic acids is 1. The monoisotopic (exact) mass is 342 g/mol. The lowest BCUT2D eigenvalue weighted by Crippen LogP contribution is -2.02. The molecule has 0 aliphatic rings. The molecule has 0 fully saturated rings. The first kappa shape index (κ1) is 16.6. The van der Waals surface area contributed by atoms with Crippen LogP contribution in [0.3, 0.4) is 0 Å². The van der Waals surface area contributed by atoms with Gasteiger partial charge in [-0.05, 0) is 11.6 Å². The average Bonchev–Trinajstić information content (AvgIpc) is 2.61. The minimum Gasteiger partial charge on any atom is -0.493 e. The maximum atomic E-state index is 14.1. The molecule has 3 rings (SSSR count). The van der Waals surface area contributed by atoms with E-state index in [4.69, 9.17) is 14.6 Å². The van der Waals surface area contributed by atoms with E-state index < -0.39 is 11.8 Å². The van der Waals surface area contributed by atoms with Crippen LogP contribution in [0.5, 0.6) is 11.5 Å². The van der Waals surface area contributed by atoms with E-state index in [-0.39, 0.29) is 12.0 Å². The zero-order valence-electron chi connectivity index (χ0n) is 13.6. The number of aromatic nitrogens is 2. The first-order valence-corrected chi connectivity index (χ1v) is 7.41. The van der Waals surface area contributed by atoms with Crippen LogP contribution in [0, 0.1) is 5.82 Å². The number of hydrogen-bond donors (Lipinski definition) is 1. The predicted octanol–water partition coefficient (Wildman–Crippen LogP) is 3.08. The molecule has 3 aromatic rings. The van der Waals surface area contributed by atoms with Gasteiger partial charge in [0.2, 0.25) is 0 Å². The number of benzene rings is 2. The van der Waals surface area contributed by atoms with Crippen LogP contribution in [0.15, 0.2) is 36.5 Å². The average molecular weight is 342 g/mol. The van der Waals surface area contributed by atoms with E-state index in [0.717, 1.165) is 0 Å². The minimum atomic E-state index is -1.09. The Morgan fingerprint density at radius 2 is 1.80 bits per heavy atom. The SMILES string of the molecule is COc1cc2ncc(-c3ccc(CC(=O)O)c(F)c3)nc2cc1OC. The molecule has 0 saturated carbocycles. The maximum Gasteiger partial charge on any atom is 0.307 e. The van der Waals surface area contributed by atoms with Gasteiger partial charge in [-0.1, -0.05) is 12.1 Å². The van der Waals surface area contributed by atoms with Gasteiger partial charge in [-0.15, -0.1) is 0 Å². The third-order valence-corrected chi connectivity index (χ3v) is 3.74. The number of carboxylic acid groups (broad SMARTS) is 1. The number of ether oxygens (including phenoxy) is 2. The molecule has 7 heteroatoms. The molecule has 0 atom stereocenters. The Morgan fingerprint density at radius 1 is 1.12 bits per heavy atom. The fraction of sp³-hybridized carbons (Fsp3) is 0.167. The second-order valence-corrected chi connectivity index (χ2v) is 5.33. The van der Waals surface area contributed by atoms with Crippen molar-refractivity contribution in [2.24, 2.45) is 0 Å². The van der Waals surface area contributed by atoms with E-state index in [1.54, 1.807) is 18.2 Å². The highest BCUT2D eigenvalue weighted by Gasteiger charge is 2.12. The molecule has 0 radical (unpaired) electrons. The molecule has 2 aromatic carbocycles. The maximum absolute atomic E-state index is 14.1. The number of carbonyl (C=O) groups is 1. The van der Waals surface area contributed by atoms with Crippen molar-refractivity contribution in [1.82, 2.24) is 9.97 Å². The lowest BCUT2D eigenvalue weighted by atomic mass is 10.1. The van der Waals surface area contributed by atoms with Gasteiger partial charge in [-0.3, -0.25) is 9.78 Å². The highest BCUT2D eigenvalue weighted by atomic mass is 19.1. The van der Waals surface area contributed by atoms with Crippen LogP contribution in [0.2, 0.25) is 0 Å². The summed E-state index contributed by atoms with van der Waals surface area (Å²) in [6.45, 7) is 0. The van der Waals surface area contributed by atoms with Crippen molar-refractivity contribution in [2.75, 3.05) is 14.2 Å². The van der Waals surface area contributed by atoms with Gasteiger partial charge in [0.25, 0.3) is 0 Å². The second kappa shape index (κ2) is 6.72. The third-order valence-electron chi connectivity index (χ3n) is 3.74. The van der Waals surface area contributed by atoms with Crippen LogP contribution < -0.4 is 9.47 Å². The molecule has 0 amide bonds. The summed E-state index contributed by atoms with van der Waals surface area (Å²) >= 11 is 0. The molecule has 128 valence electrons. The van der Waals surface area contributed by atoms with Crippen LogP contribution in [-0.4, -0.2) is 35.3 Å². The molecule has 0 spiro atoms. The molecule has 25 heavy (non-hydrogen) atoms. The number of nitrogens with zero attached hydrogens (tertiary/aromatic N) is 2. The quantitative estimate of drug-likeness (QED) is 0.767. The molecule has 1 N–H and O–H groups in total. The molecule has 0 unspecified atom stereocenters. The smallest absolute Gasteiger partial charge is 0.307 e. The van der Waals surface area contributed by atoms with Crippen LogP contribution in [0.4, 0.5) is 4.39 Å². The lowest BCUT2D eigenvalue weighted by molar-refractivity contribution is -0.136. The van der Waals surface area contributed by atoms with Gasteiger partial charge in [-0.25, -0.2) is 9.37 Å². The molecule has 0 aliphatic heterocycles. The first-order valence-electron chi connectivity index (χ1n) is 7.41. The highest BCUT2D eigenvalue weighted by Crippen LogP contribution is 2.31. The number of hydrogen-bond acceptors (Lipinski definition) is 5. The number of aliphatic carboxylic acids is 1. The largest absolute Gasteiger partial charge is 0.493 e. The van der Waals surface area contributed by atoms with E-state index in [0.29, 0.717) is 33.8 Å². The molecule has 6 nitrogen and oxygen atoms in total. The van der Waals surface area contributed by atoms with Crippen molar-refractivity contribution in [3.8, 4) is 22.8 Å². The van der Waals surface area contributed by atoms with E-state index in [9.17, 15) is 9.18 Å². The Kier molecular flexibility index (Phi) is 4.47. The number of methoxy groups -OCH3 is 2. The van der Waals surface area contributed by atoms with Gasteiger partial charge < -0.3 is 14.6 Å². The van der Waals surface area contributed by atoms with Crippen molar-refractivity contribution in [3.63, 3.8) is 0 Å². The van der Waals surface area contributed by atoms with Gasteiger partial charge in [0, 0.05) is 17.7 Å². The Labute approximate surface area is 142 Å². The zero-order valence-corrected chi connectivity index (χ0v) is 13.6. The zero-order chi connectivity index (χ0) is 18.0. The Hall–Kier alpha value is -3.22. The van der Waals surface area contributed by atoms with Crippen molar-refractivity contribution in [1.29, 1.82) is 0 Å². The topological polar surface area (TPSA) is 81.5 Å². The van der Waals surface area contributed by atoms with E-state index in [1.807, 2.05) is 0 Å². The van der Waals surface area contributed by atoms with Gasteiger partial charge in [0.1, 0.15) is 5.82 Å². The number of fused-ring (bicyclic) bond motifs is 1. The van der Waals surface area contributed by atoms with Crippen LogP contribution >= 0.6 is 0 Å². The van der Waals surface area contributed by atoms with Gasteiger partial charge in [0.05, 0.1) is 43.6 Å². The van der Waals surface area contributed by atoms with Crippen molar-refractivity contribution in [3.05, 3.63) is 47.9 Å². The summed E-state index contributed by atoms with van der Waals surface area (Å²) in [5.74, 6) is -0.613. The van der Waals surface area contributed by atoms with E-state index >= 15 is 0 Å². The molecule has 1 aromatic heterocycles. The van der Waals surface area contributed by atoms with Crippen LogP contribution in [-0.2, 0) is 11.2 Å². The summed E-state index contributed by atoms with van der Waals surface area (Å²) in [5, 5.41) is 8.78. The fourth-order valence-corrected chi connectivity index (χ4v) is 2.49. The first-order chi connectivity index (χ1) is 12.0. The van der Waals surface area contributed by atoms with E-state index in [1.165, 1.54) is 32.5 Å². The number of halogens is 1. The number of rotatable bonds is 5. The Morgan fingerprint density at radius 3 is 2.40 bits per heavy atom. The lowest BCUT2D eigenvalue weighted by Gasteiger charge is -2.09. The Bertz CT molecular complexity index is 959. The second-order valence-electron chi connectivity index (χ2n) is 5.33. The van der Waals surface area contributed by atoms with Crippen molar-refractivity contribution >= 4 is 17.0 Å². The summed E-state index contributed by atoms with van der Waals surface area (Å²) in [7, 11) is 3.06. The summed E-state index contributed by atoms with van der Waals surface area (Å²) in [6.07, 6.45) is 1.16. The summed E-state index contributed by atoms with van der Waals surface area (Å²) < 4.78 is 24.6. The van der Waals surface area contributed by atoms with Crippen LogP contribution in [0.25, 0.3) is 22.3 Å². The fourth-order valence-electron chi connectivity index (χ4n) is 2.49. The molecule has 0 bridgehead atoms. The van der Waals surface area contributed by atoms with Gasteiger partial charge in [-0.2, -0.15) is 0 Å². The minimum absolute atomic E-state index is 0.122. The Balaban J connectivity index is 2.04. The molecular weight excluding hydrogens is 327 g/mol. The predicted molar refractivity (Wildman–Crippen MR) is 89.4 cm³/mol. The molecule has 1 heterocycles. The third kappa shape index (κ3) is 3.35. The van der Waals surface area contributed by atoms with Gasteiger partial charge >= 0.3 is 5.97 Å². The van der Waals surface area contributed by atoms with Crippen molar-refractivity contribution < 1.29 is 23.8 Å². The standard InChI is InChI=1S/C18H15FN2O4/c1-24-16-7-13-14(8-17(16)25-2)21-15(9-20-13)11-4-3-10(6-18(22)23)12(19)5-11/h3-5,7-9H,6H2,1-2H3,(H,22,23). The van der Waals surface area contributed by atoms with Crippen LogP contribution in [0.1, 0.15) is 5.56 Å². The molecule has 0 saturated heterocycles. The normalized spacial score (nSPS) is 10.7. The highest BCUT2D eigenvalue weighted by molar-refractivity contribution is 5.81. The summed E-state index contributed by atoms with van der Waals surface area (Å²) in [6, 6.07) is 7.73. The molecular formula is C18H15FN2O4. The van der Waals surface area contributed by atoms with Crippen molar-refractivity contribution in [2.45, 2.75) is 6.42 Å². The summed E-state index contributed by atoms with van der Waals surface area (Å²) in [4.78, 5) is 19.5. The molecule has 0 aliphatic carbocycles. The summed E-state index contributed by atoms with van der Waals surface area (Å²) in [5.41, 5.74) is 2.29.